The molecule has 2 rings (SSSR count). The Bertz CT molecular complexity index is 111. The van der Waals surface area contributed by atoms with Gasteiger partial charge in [0.1, 0.15) is 0 Å². The Morgan fingerprint density at radius 2 is 2.33 bits per heavy atom. The van der Waals surface area contributed by atoms with Crippen LogP contribution >= 0.6 is 0 Å². The lowest BCUT2D eigenvalue weighted by Crippen LogP contribution is -2.14. The molecule has 0 unspecified atom stereocenters. The highest BCUT2D eigenvalue weighted by atomic mass is 16.5. The highest BCUT2D eigenvalue weighted by Crippen LogP contribution is 2.39. The summed E-state index contributed by atoms with van der Waals surface area (Å²) >= 11 is 0. The highest BCUT2D eigenvalue weighted by molar-refractivity contribution is 4.88. The molecule has 3 atom stereocenters. The van der Waals surface area contributed by atoms with Crippen molar-refractivity contribution in [1.29, 1.82) is 0 Å². The predicted octanol–water partition coefficient (Wildman–Crippen LogP) is 1.96. The van der Waals surface area contributed by atoms with E-state index in [1.54, 1.807) is 0 Å². The zero-order chi connectivity index (χ0) is 6.27. The smallest absolute Gasteiger partial charge is 0.0608 e. The van der Waals surface area contributed by atoms with E-state index in [2.05, 4.69) is 6.92 Å². The first-order valence-electron chi connectivity index (χ1n) is 4.05. The van der Waals surface area contributed by atoms with Crippen LogP contribution in [-0.4, -0.2) is 12.2 Å². The van der Waals surface area contributed by atoms with Gasteiger partial charge in [0.05, 0.1) is 12.2 Å². The van der Waals surface area contributed by atoms with Gasteiger partial charge in [-0.25, -0.2) is 0 Å². The maximum absolute atomic E-state index is 5.68. The molecular formula is C8H14O. The number of hydrogen-bond acceptors (Lipinski definition) is 1. The van der Waals surface area contributed by atoms with E-state index in [0.717, 1.165) is 5.92 Å². The van der Waals surface area contributed by atoms with E-state index < -0.39 is 0 Å². The lowest BCUT2D eigenvalue weighted by molar-refractivity contribution is 0.0920. The van der Waals surface area contributed by atoms with E-state index in [-0.39, 0.29) is 0 Å². The van der Waals surface area contributed by atoms with Crippen LogP contribution in [0.25, 0.3) is 0 Å². The van der Waals surface area contributed by atoms with Gasteiger partial charge in [0, 0.05) is 0 Å². The van der Waals surface area contributed by atoms with Crippen molar-refractivity contribution in [3.8, 4) is 0 Å². The van der Waals surface area contributed by atoms with Crippen molar-refractivity contribution in [3.63, 3.8) is 0 Å². The minimum Gasteiger partial charge on any atom is -0.375 e. The van der Waals surface area contributed by atoms with Crippen molar-refractivity contribution in [3.05, 3.63) is 0 Å². The first kappa shape index (κ1) is 5.72. The number of fused-ring (bicyclic) bond motifs is 2. The molecule has 2 aliphatic heterocycles. The van der Waals surface area contributed by atoms with Crippen molar-refractivity contribution in [2.75, 3.05) is 0 Å². The first-order valence-corrected chi connectivity index (χ1v) is 4.05. The summed E-state index contributed by atoms with van der Waals surface area (Å²) in [6.07, 6.45) is 6.65. The molecule has 0 aromatic rings. The van der Waals surface area contributed by atoms with Crippen LogP contribution in [0.2, 0.25) is 0 Å². The van der Waals surface area contributed by atoms with Crippen LogP contribution in [0.15, 0.2) is 0 Å². The molecule has 0 aromatic carbocycles. The van der Waals surface area contributed by atoms with E-state index in [1.807, 2.05) is 0 Å². The molecule has 0 spiro atoms. The summed E-state index contributed by atoms with van der Waals surface area (Å²) in [5.74, 6) is 0.906. The minimum atomic E-state index is 0.653. The average molecular weight is 126 g/mol. The van der Waals surface area contributed by atoms with Gasteiger partial charge in [-0.2, -0.15) is 0 Å². The van der Waals surface area contributed by atoms with Gasteiger partial charge in [0.2, 0.25) is 0 Å². The van der Waals surface area contributed by atoms with Crippen LogP contribution in [0.1, 0.15) is 32.6 Å². The Kier molecular flexibility index (Phi) is 1.26. The van der Waals surface area contributed by atoms with Gasteiger partial charge >= 0.3 is 0 Å². The molecule has 9 heavy (non-hydrogen) atoms. The van der Waals surface area contributed by atoms with Gasteiger partial charge < -0.3 is 4.74 Å². The summed E-state index contributed by atoms with van der Waals surface area (Å²) in [7, 11) is 0. The fourth-order valence-electron chi connectivity index (χ4n) is 2.17. The number of hydrogen-bond donors (Lipinski definition) is 0. The standard InChI is InChI=1S/C8H14O/c1-2-6-5-7-3-4-8(6)9-7/h6-8H,2-5H2,1H3/t6-,7+,8-/m1/s1. The molecule has 0 saturated carbocycles. The number of ether oxygens (including phenoxy) is 1. The quantitative estimate of drug-likeness (QED) is 0.522. The summed E-state index contributed by atoms with van der Waals surface area (Å²) in [6, 6.07) is 0. The maximum Gasteiger partial charge on any atom is 0.0608 e. The molecule has 2 saturated heterocycles. The fraction of sp³-hybridized carbons (Fsp3) is 1.00. The lowest BCUT2D eigenvalue weighted by Gasteiger charge is -2.15. The van der Waals surface area contributed by atoms with Crippen molar-refractivity contribution < 1.29 is 4.74 Å². The SMILES string of the molecule is CC[C@@H]1C[C@@H]2CC[C@H]1O2. The van der Waals surface area contributed by atoms with Gasteiger partial charge in [0.25, 0.3) is 0 Å². The molecule has 1 heteroatoms. The third-order valence-electron chi connectivity index (χ3n) is 2.76. The third kappa shape index (κ3) is 0.787. The van der Waals surface area contributed by atoms with Crippen LogP contribution in [0, 0.1) is 5.92 Å². The van der Waals surface area contributed by atoms with Gasteiger partial charge in [0.15, 0.2) is 0 Å². The Morgan fingerprint density at radius 3 is 2.67 bits per heavy atom. The Morgan fingerprint density at radius 1 is 1.44 bits per heavy atom. The zero-order valence-corrected chi connectivity index (χ0v) is 5.97. The number of rotatable bonds is 1. The van der Waals surface area contributed by atoms with E-state index >= 15 is 0 Å². The molecule has 2 bridgehead atoms. The molecule has 52 valence electrons. The van der Waals surface area contributed by atoms with Crippen LogP contribution in [-0.2, 0) is 4.74 Å². The Labute approximate surface area is 56.4 Å². The normalized spacial score (nSPS) is 48.3. The van der Waals surface area contributed by atoms with Crippen LogP contribution in [0.5, 0.6) is 0 Å². The molecule has 0 N–H and O–H groups in total. The predicted molar refractivity (Wildman–Crippen MR) is 36.3 cm³/mol. The first-order chi connectivity index (χ1) is 4.40. The summed E-state index contributed by atoms with van der Waals surface area (Å²) < 4.78 is 5.68. The van der Waals surface area contributed by atoms with Crippen molar-refractivity contribution in [1.82, 2.24) is 0 Å². The van der Waals surface area contributed by atoms with Crippen LogP contribution in [0.4, 0.5) is 0 Å². The highest BCUT2D eigenvalue weighted by Gasteiger charge is 2.39. The molecule has 0 amide bonds. The maximum atomic E-state index is 5.68. The molecule has 2 aliphatic rings. The fourth-order valence-corrected chi connectivity index (χ4v) is 2.17. The second kappa shape index (κ2) is 1.98. The van der Waals surface area contributed by atoms with Crippen molar-refractivity contribution in [2.24, 2.45) is 5.92 Å². The minimum absolute atomic E-state index is 0.653. The Balaban J connectivity index is 2.01. The summed E-state index contributed by atoms with van der Waals surface area (Å²) in [5, 5.41) is 0. The molecule has 1 nitrogen and oxygen atoms in total. The monoisotopic (exact) mass is 126 g/mol. The second-order valence-corrected chi connectivity index (χ2v) is 3.28. The van der Waals surface area contributed by atoms with E-state index in [1.165, 1.54) is 25.7 Å². The van der Waals surface area contributed by atoms with Crippen molar-refractivity contribution >= 4 is 0 Å². The van der Waals surface area contributed by atoms with Gasteiger partial charge in [-0.05, 0) is 25.2 Å². The summed E-state index contributed by atoms with van der Waals surface area (Å²) in [4.78, 5) is 0. The molecule has 0 aromatic heterocycles. The van der Waals surface area contributed by atoms with Gasteiger partial charge in [-0.1, -0.05) is 13.3 Å². The topological polar surface area (TPSA) is 9.23 Å². The third-order valence-corrected chi connectivity index (χ3v) is 2.76. The molecular weight excluding hydrogens is 112 g/mol. The zero-order valence-electron chi connectivity index (χ0n) is 5.97. The van der Waals surface area contributed by atoms with E-state index in [4.69, 9.17) is 4.74 Å². The molecule has 0 aliphatic carbocycles. The van der Waals surface area contributed by atoms with Crippen LogP contribution in [0.3, 0.4) is 0 Å². The van der Waals surface area contributed by atoms with E-state index in [0.29, 0.717) is 12.2 Å². The van der Waals surface area contributed by atoms with Crippen molar-refractivity contribution in [2.45, 2.75) is 44.8 Å². The summed E-state index contributed by atoms with van der Waals surface area (Å²) in [6.45, 7) is 2.27. The molecule has 2 heterocycles. The van der Waals surface area contributed by atoms with E-state index in [9.17, 15) is 0 Å². The average Bonchev–Trinajstić information content (AvgIpc) is 2.45. The van der Waals surface area contributed by atoms with Gasteiger partial charge in [-0.15, -0.1) is 0 Å². The van der Waals surface area contributed by atoms with Crippen LogP contribution < -0.4 is 0 Å². The second-order valence-electron chi connectivity index (χ2n) is 3.28. The van der Waals surface area contributed by atoms with Gasteiger partial charge in [-0.3, -0.25) is 0 Å². The Hall–Kier alpha value is -0.0400. The molecule has 2 fully saturated rings. The largest absolute Gasteiger partial charge is 0.375 e. The molecule has 0 radical (unpaired) electrons. The summed E-state index contributed by atoms with van der Waals surface area (Å²) in [5.41, 5.74) is 0. The lowest BCUT2D eigenvalue weighted by atomic mass is 9.88.